The van der Waals surface area contributed by atoms with Gasteiger partial charge in [-0.05, 0) is 55.5 Å². The number of hydrogen-bond donors (Lipinski definition) is 1. The highest BCUT2D eigenvalue weighted by atomic mass is 32.1. The minimum Gasteiger partial charge on any atom is -0.347 e. The third kappa shape index (κ3) is 3.81. The maximum Gasteiger partial charge on any atom is 0.416 e. The van der Waals surface area contributed by atoms with Crippen LogP contribution in [0.1, 0.15) is 45.8 Å². The maximum atomic E-state index is 12.9. The van der Waals surface area contributed by atoms with E-state index in [1.54, 1.807) is 17.4 Å². The number of aromatic nitrogens is 1. The van der Waals surface area contributed by atoms with Crippen LogP contribution in [0.3, 0.4) is 0 Å². The van der Waals surface area contributed by atoms with Gasteiger partial charge in [0, 0.05) is 18.0 Å². The van der Waals surface area contributed by atoms with E-state index in [2.05, 4.69) is 16.0 Å². The minimum absolute atomic E-state index is 0.0596. The van der Waals surface area contributed by atoms with Gasteiger partial charge in [-0.1, -0.05) is 18.6 Å². The van der Waals surface area contributed by atoms with E-state index in [4.69, 9.17) is 0 Å². The van der Waals surface area contributed by atoms with E-state index >= 15 is 0 Å². The maximum absolute atomic E-state index is 12.9. The van der Waals surface area contributed by atoms with Crippen molar-refractivity contribution in [3.63, 3.8) is 0 Å². The van der Waals surface area contributed by atoms with Crippen LogP contribution in [0.4, 0.5) is 13.2 Å². The second kappa shape index (κ2) is 7.28. The first-order valence-electron chi connectivity index (χ1n) is 9.35. The summed E-state index contributed by atoms with van der Waals surface area (Å²) in [7, 11) is 0. The van der Waals surface area contributed by atoms with Gasteiger partial charge in [-0.3, -0.25) is 4.79 Å². The van der Waals surface area contributed by atoms with E-state index < -0.39 is 11.7 Å². The topological polar surface area (TPSA) is 34.0 Å². The number of nitrogens with one attached hydrogen (secondary N) is 1. The minimum atomic E-state index is -4.39. The molecule has 1 amide bonds. The number of thiophene rings is 1. The van der Waals surface area contributed by atoms with Crippen molar-refractivity contribution in [1.29, 1.82) is 0 Å². The molecule has 0 radical (unpaired) electrons. The molecular formula is C21H21F3N2OS. The Morgan fingerprint density at radius 3 is 2.71 bits per heavy atom. The summed E-state index contributed by atoms with van der Waals surface area (Å²) >= 11 is 1.65. The molecule has 0 atom stereocenters. The largest absolute Gasteiger partial charge is 0.416 e. The number of halogens is 3. The number of nitrogens with zero attached hydrogens (tertiary/aromatic N) is 1. The molecule has 0 spiro atoms. The first kappa shape index (κ1) is 19.1. The molecule has 28 heavy (non-hydrogen) atoms. The van der Waals surface area contributed by atoms with Crippen molar-refractivity contribution in [1.82, 2.24) is 9.88 Å². The number of carbonyl (C=O) groups is 1. The lowest BCUT2D eigenvalue weighted by Gasteiger charge is -2.26. The summed E-state index contributed by atoms with van der Waals surface area (Å²) < 4.78 is 41.8. The molecule has 1 aliphatic rings. The molecule has 2 heterocycles. The summed E-state index contributed by atoms with van der Waals surface area (Å²) in [5.41, 5.74) is 1.38. The fourth-order valence-corrected chi connectivity index (χ4v) is 4.58. The normalized spacial score (nSPS) is 15.0. The Morgan fingerprint density at radius 2 is 2.04 bits per heavy atom. The number of hydrogen-bond acceptors (Lipinski definition) is 2. The van der Waals surface area contributed by atoms with Gasteiger partial charge in [-0.15, -0.1) is 11.3 Å². The summed E-state index contributed by atoms with van der Waals surface area (Å²) in [6.45, 7) is 2.92. The van der Waals surface area contributed by atoms with Gasteiger partial charge < -0.3 is 9.88 Å². The average Bonchev–Trinajstić information content (AvgIpc) is 3.12. The zero-order valence-electron chi connectivity index (χ0n) is 15.5. The van der Waals surface area contributed by atoms with Crippen molar-refractivity contribution < 1.29 is 18.0 Å². The molecule has 0 unspecified atom stereocenters. The number of rotatable bonds is 5. The van der Waals surface area contributed by atoms with Gasteiger partial charge in [-0.2, -0.15) is 13.2 Å². The lowest BCUT2D eigenvalue weighted by atomic mass is 9.85. The number of fused-ring (bicyclic) bond motifs is 1. The smallest absolute Gasteiger partial charge is 0.347 e. The predicted molar refractivity (Wildman–Crippen MR) is 105 cm³/mol. The van der Waals surface area contributed by atoms with Crippen LogP contribution in [0.2, 0.25) is 0 Å². The molecule has 3 nitrogen and oxygen atoms in total. The zero-order chi connectivity index (χ0) is 19.9. The van der Waals surface area contributed by atoms with Crippen molar-refractivity contribution in [2.45, 2.75) is 45.5 Å². The second-order valence-corrected chi connectivity index (χ2v) is 8.71. The van der Waals surface area contributed by atoms with Crippen molar-refractivity contribution in [2.75, 3.05) is 0 Å². The van der Waals surface area contributed by atoms with Crippen LogP contribution in [0.25, 0.3) is 10.2 Å². The monoisotopic (exact) mass is 406 g/mol. The molecule has 1 aromatic carbocycles. The van der Waals surface area contributed by atoms with Crippen molar-refractivity contribution >= 4 is 27.5 Å². The fourth-order valence-electron chi connectivity index (χ4n) is 3.61. The van der Waals surface area contributed by atoms with E-state index in [9.17, 15) is 18.0 Å². The van der Waals surface area contributed by atoms with Gasteiger partial charge in [0.15, 0.2) is 0 Å². The van der Waals surface area contributed by atoms with Crippen molar-refractivity contribution in [2.24, 2.45) is 5.92 Å². The van der Waals surface area contributed by atoms with Gasteiger partial charge in [0.1, 0.15) is 5.69 Å². The number of carbonyl (C=O) groups excluding carboxylic acids is 1. The summed E-state index contributed by atoms with van der Waals surface area (Å²) in [6.07, 6.45) is -0.809. The summed E-state index contributed by atoms with van der Waals surface area (Å²) in [5, 5.41) is 2.79. The van der Waals surface area contributed by atoms with Gasteiger partial charge in [0.2, 0.25) is 0 Å². The molecule has 2 aromatic heterocycles. The Labute approximate surface area is 165 Å². The number of amides is 1. The van der Waals surface area contributed by atoms with Gasteiger partial charge in [0.25, 0.3) is 5.91 Å². The van der Waals surface area contributed by atoms with Gasteiger partial charge in [-0.25, -0.2) is 0 Å². The third-order valence-corrected chi connectivity index (χ3v) is 6.31. The lowest BCUT2D eigenvalue weighted by Crippen LogP contribution is -2.27. The molecule has 7 heteroatoms. The number of benzene rings is 1. The van der Waals surface area contributed by atoms with Gasteiger partial charge in [0.05, 0.1) is 15.8 Å². The highest BCUT2D eigenvalue weighted by Crippen LogP contribution is 2.34. The molecule has 1 N–H and O–H groups in total. The molecule has 1 saturated carbocycles. The molecular weight excluding hydrogens is 385 g/mol. The first-order chi connectivity index (χ1) is 13.3. The molecule has 0 saturated heterocycles. The van der Waals surface area contributed by atoms with Crippen LogP contribution in [0, 0.1) is 12.8 Å². The standard InChI is InChI=1S/C21H21F3N2OS/c1-13-8-17-19(28-13)10-18(26(17)12-14-4-2-5-14)20(27)25-11-15-6-3-7-16(9-15)21(22,23)24/h3,6-10,14H,2,4-5,11-12H2,1H3,(H,25,27). The predicted octanol–water partition coefficient (Wildman–Crippen LogP) is 5.76. The summed E-state index contributed by atoms with van der Waals surface area (Å²) in [4.78, 5) is 14.0. The first-order valence-corrected chi connectivity index (χ1v) is 10.2. The van der Waals surface area contributed by atoms with Gasteiger partial charge >= 0.3 is 6.18 Å². The summed E-state index contributed by atoms with van der Waals surface area (Å²) in [5.74, 6) is 0.337. The zero-order valence-corrected chi connectivity index (χ0v) is 16.3. The molecule has 0 aliphatic heterocycles. The van der Waals surface area contributed by atoms with E-state index in [1.165, 1.54) is 30.2 Å². The highest BCUT2D eigenvalue weighted by Gasteiger charge is 2.30. The number of alkyl halides is 3. The molecule has 148 valence electrons. The van der Waals surface area contributed by atoms with E-state index in [0.717, 1.165) is 28.9 Å². The molecule has 1 aliphatic carbocycles. The fraction of sp³-hybridized carbons (Fsp3) is 0.381. The Balaban J connectivity index is 1.54. The van der Waals surface area contributed by atoms with Crippen molar-refractivity contribution in [3.05, 3.63) is 58.1 Å². The van der Waals surface area contributed by atoms with Crippen molar-refractivity contribution in [3.8, 4) is 0 Å². The second-order valence-electron chi connectivity index (χ2n) is 7.42. The highest BCUT2D eigenvalue weighted by molar-refractivity contribution is 7.19. The lowest BCUT2D eigenvalue weighted by molar-refractivity contribution is -0.137. The quantitative estimate of drug-likeness (QED) is 0.574. The average molecular weight is 406 g/mol. The van der Waals surface area contributed by atoms with E-state index in [0.29, 0.717) is 17.2 Å². The number of aryl methyl sites for hydroxylation is 1. The SMILES string of the molecule is Cc1cc2c(cc(C(=O)NCc3cccc(C(F)(F)F)c3)n2CC2CCC2)s1. The Bertz CT molecular complexity index is 1010. The molecule has 1 fully saturated rings. The van der Waals surface area contributed by atoms with Crippen LogP contribution < -0.4 is 5.32 Å². The van der Waals surface area contributed by atoms with Crippen LogP contribution in [-0.4, -0.2) is 10.5 Å². The molecule has 3 aromatic rings. The van der Waals surface area contributed by atoms with Crippen LogP contribution >= 0.6 is 11.3 Å². The Hall–Kier alpha value is -2.28. The molecule has 4 rings (SSSR count). The van der Waals surface area contributed by atoms with Crippen LogP contribution in [0.15, 0.2) is 36.4 Å². The van der Waals surface area contributed by atoms with Crippen LogP contribution in [-0.2, 0) is 19.3 Å². The van der Waals surface area contributed by atoms with E-state index in [1.807, 2.05) is 13.0 Å². The summed E-state index contributed by atoms with van der Waals surface area (Å²) in [6, 6.07) is 9.06. The Kier molecular flexibility index (Phi) is 4.95. The molecule has 0 bridgehead atoms. The third-order valence-electron chi connectivity index (χ3n) is 5.32. The Morgan fingerprint density at radius 1 is 1.25 bits per heavy atom. The van der Waals surface area contributed by atoms with Crippen LogP contribution in [0.5, 0.6) is 0 Å². The van der Waals surface area contributed by atoms with E-state index in [-0.39, 0.29) is 12.5 Å².